The second-order valence-electron chi connectivity index (χ2n) is 7.25. The maximum absolute atomic E-state index is 13.2. The Morgan fingerprint density at radius 3 is 2.33 bits per heavy atom. The van der Waals surface area contributed by atoms with Crippen molar-refractivity contribution in [1.82, 2.24) is 10.2 Å². The number of amides is 2. The molecule has 2 aromatic rings. The van der Waals surface area contributed by atoms with Gasteiger partial charge in [-0.1, -0.05) is 42.3 Å². The number of nitrogens with zero attached hydrogens (tertiary/aromatic N) is 1. The Labute approximate surface area is 188 Å². The van der Waals surface area contributed by atoms with Crippen LogP contribution >= 0.6 is 23.2 Å². The Kier molecular flexibility index (Phi) is 8.56. The number of hydrogen-bond donors (Lipinski definition) is 1. The molecular formula is C23H28Cl2N2O3. The molecule has 0 saturated carbocycles. The van der Waals surface area contributed by atoms with E-state index in [0.717, 1.165) is 16.7 Å². The summed E-state index contributed by atoms with van der Waals surface area (Å²) in [5.74, 6) is 0.0844. The molecule has 0 unspecified atom stereocenters. The first-order chi connectivity index (χ1) is 14.2. The number of halogens is 2. The van der Waals surface area contributed by atoms with Crippen LogP contribution in [0.25, 0.3) is 0 Å². The quantitative estimate of drug-likeness (QED) is 0.624. The third-order valence-corrected chi connectivity index (χ3v) is 5.85. The molecule has 1 N–H and O–H groups in total. The van der Waals surface area contributed by atoms with Crippen molar-refractivity contribution in [3.63, 3.8) is 0 Å². The van der Waals surface area contributed by atoms with Gasteiger partial charge in [0.05, 0.1) is 0 Å². The van der Waals surface area contributed by atoms with Crippen LogP contribution in [0.2, 0.25) is 10.0 Å². The van der Waals surface area contributed by atoms with Crippen molar-refractivity contribution in [3.8, 4) is 5.75 Å². The lowest BCUT2D eigenvalue weighted by Gasteiger charge is -2.30. The SMILES string of the molecule is CC[C@@H](C(=O)NC)N(Cc1c(Cl)cccc1Cl)C(=O)COc1cc(C)cc(C)c1C. The Morgan fingerprint density at radius 1 is 1.13 bits per heavy atom. The summed E-state index contributed by atoms with van der Waals surface area (Å²) >= 11 is 12.6. The van der Waals surface area contributed by atoms with Crippen molar-refractivity contribution in [2.24, 2.45) is 0 Å². The molecule has 162 valence electrons. The van der Waals surface area contributed by atoms with Crippen LogP contribution in [0.3, 0.4) is 0 Å². The monoisotopic (exact) mass is 450 g/mol. The van der Waals surface area contributed by atoms with Gasteiger partial charge in [-0.3, -0.25) is 9.59 Å². The molecule has 0 bridgehead atoms. The van der Waals surface area contributed by atoms with E-state index in [4.69, 9.17) is 27.9 Å². The van der Waals surface area contributed by atoms with Gasteiger partial charge in [-0.05, 0) is 62.1 Å². The smallest absolute Gasteiger partial charge is 0.261 e. The predicted molar refractivity (Wildman–Crippen MR) is 121 cm³/mol. The first kappa shape index (κ1) is 24.0. The van der Waals surface area contributed by atoms with E-state index in [9.17, 15) is 9.59 Å². The summed E-state index contributed by atoms with van der Waals surface area (Å²) < 4.78 is 5.86. The summed E-state index contributed by atoms with van der Waals surface area (Å²) in [6.45, 7) is 7.70. The van der Waals surface area contributed by atoms with Crippen LogP contribution in [0.15, 0.2) is 30.3 Å². The number of hydrogen-bond acceptors (Lipinski definition) is 3. The molecule has 0 radical (unpaired) electrons. The highest BCUT2D eigenvalue weighted by Gasteiger charge is 2.29. The van der Waals surface area contributed by atoms with Crippen molar-refractivity contribution in [1.29, 1.82) is 0 Å². The minimum Gasteiger partial charge on any atom is -0.483 e. The van der Waals surface area contributed by atoms with E-state index in [0.29, 0.717) is 27.8 Å². The van der Waals surface area contributed by atoms with Crippen LogP contribution in [-0.2, 0) is 16.1 Å². The van der Waals surface area contributed by atoms with E-state index >= 15 is 0 Å². The molecule has 0 aromatic heterocycles. The van der Waals surface area contributed by atoms with Crippen LogP contribution in [0.5, 0.6) is 5.75 Å². The fourth-order valence-electron chi connectivity index (χ4n) is 3.31. The molecule has 0 aliphatic rings. The number of ether oxygens (including phenoxy) is 1. The van der Waals surface area contributed by atoms with Crippen LogP contribution in [0.1, 0.15) is 35.6 Å². The molecule has 0 saturated heterocycles. The van der Waals surface area contributed by atoms with Crippen molar-refractivity contribution in [3.05, 3.63) is 62.6 Å². The van der Waals surface area contributed by atoms with Crippen molar-refractivity contribution < 1.29 is 14.3 Å². The molecular weight excluding hydrogens is 423 g/mol. The van der Waals surface area contributed by atoms with Crippen LogP contribution < -0.4 is 10.1 Å². The summed E-state index contributed by atoms with van der Waals surface area (Å²) in [6, 6.07) is 8.46. The van der Waals surface area contributed by atoms with Gasteiger partial charge in [-0.2, -0.15) is 0 Å². The fourth-order valence-corrected chi connectivity index (χ4v) is 3.83. The highest BCUT2D eigenvalue weighted by Crippen LogP contribution is 2.27. The highest BCUT2D eigenvalue weighted by molar-refractivity contribution is 6.36. The van der Waals surface area contributed by atoms with Gasteiger partial charge in [0.1, 0.15) is 11.8 Å². The summed E-state index contributed by atoms with van der Waals surface area (Å²) in [7, 11) is 1.55. The summed E-state index contributed by atoms with van der Waals surface area (Å²) in [6.07, 6.45) is 0.441. The minimum atomic E-state index is -0.668. The summed E-state index contributed by atoms with van der Waals surface area (Å²) in [5.41, 5.74) is 3.72. The van der Waals surface area contributed by atoms with Crippen LogP contribution in [-0.4, -0.2) is 36.4 Å². The summed E-state index contributed by atoms with van der Waals surface area (Å²) in [4.78, 5) is 27.1. The topological polar surface area (TPSA) is 58.6 Å². The third kappa shape index (κ3) is 5.67. The van der Waals surface area contributed by atoms with E-state index in [1.807, 2.05) is 33.8 Å². The number of aryl methyl sites for hydroxylation is 2. The van der Waals surface area contributed by atoms with Gasteiger partial charge in [0, 0.05) is 29.2 Å². The van der Waals surface area contributed by atoms with Gasteiger partial charge < -0.3 is 15.0 Å². The maximum Gasteiger partial charge on any atom is 0.261 e. The van der Waals surface area contributed by atoms with Crippen molar-refractivity contribution in [2.75, 3.05) is 13.7 Å². The minimum absolute atomic E-state index is 0.110. The molecule has 2 amide bonds. The Morgan fingerprint density at radius 2 is 1.77 bits per heavy atom. The van der Waals surface area contributed by atoms with E-state index in [2.05, 4.69) is 11.4 Å². The number of carbonyl (C=O) groups excluding carboxylic acids is 2. The fraction of sp³-hybridized carbons (Fsp3) is 0.391. The largest absolute Gasteiger partial charge is 0.483 e. The Balaban J connectivity index is 2.31. The van der Waals surface area contributed by atoms with E-state index < -0.39 is 6.04 Å². The highest BCUT2D eigenvalue weighted by atomic mass is 35.5. The number of carbonyl (C=O) groups is 2. The number of nitrogens with one attached hydrogen (secondary N) is 1. The first-order valence-corrected chi connectivity index (χ1v) is 10.6. The molecule has 0 heterocycles. The normalized spacial score (nSPS) is 11.7. The Bertz CT molecular complexity index is 911. The lowest BCUT2D eigenvalue weighted by Crippen LogP contribution is -2.49. The van der Waals surface area contributed by atoms with Crippen molar-refractivity contribution in [2.45, 2.75) is 46.7 Å². The lowest BCUT2D eigenvalue weighted by atomic mass is 10.1. The van der Waals surface area contributed by atoms with Crippen LogP contribution in [0, 0.1) is 20.8 Å². The molecule has 0 spiro atoms. The zero-order valence-electron chi connectivity index (χ0n) is 18.0. The number of likely N-dealkylation sites (N-methyl/N-ethyl adjacent to an activating group) is 1. The molecule has 0 aliphatic carbocycles. The standard InChI is InChI=1S/C23H28Cl2N2O3/c1-6-20(23(29)26-5)27(12-17-18(24)8-7-9-19(17)25)22(28)13-30-21-11-14(2)10-15(3)16(21)4/h7-11,20H,6,12-13H2,1-5H3,(H,26,29)/t20-/m0/s1. The average molecular weight is 451 g/mol. The van der Waals surface area contributed by atoms with E-state index in [1.165, 1.54) is 4.90 Å². The predicted octanol–water partition coefficient (Wildman–Crippen LogP) is 4.85. The molecule has 2 aromatic carbocycles. The lowest BCUT2D eigenvalue weighted by molar-refractivity contribution is -0.142. The van der Waals surface area contributed by atoms with Gasteiger partial charge in [0.2, 0.25) is 5.91 Å². The van der Waals surface area contributed by atoms with Gasteiger partial charge in [0.15, 0.2) is 6.61 Å². The average Bonchev–Trinajstić information content (AvgIpc) is 2.70. The zero-order valence-corrected chi connectivity index (χ0v) is 19.5. The van der Waals surface area contributed by atoms with Crippen molar-refractivity contribution >= 4 is 35.0 Å². The molecule has 7 heteroatoms. The molecule has 30 heavy (non-hydrogen) atoms. The molecule has 5 nitrogen and oxygen atoms in total. The molecule has 1 atom stereocenters. The Hall–Kier alpha value is -2.24. The summed E-state index contributed by atoms with van der Waals surface area (Å²) in [5, 5.41) is 3.51. The van der Waals surface area contributed by atoms with Gasteiger partial charge in [-0.15, -0.1) is 0 Å². The molecule has 0 fully saturated rings. The maximum atomic E-state index is 13.2. The molecule has 2 rings (SSSR count). The molecule has 0 aliphatic heterocycles. The van der Waals surface area contributed by atoms with Gasteiger partial charge >= 0.3 is 0 Å². The number of benzene rings is 2. The number of rotatable bonds is 8. The van der Waals surface area contributed by atoms with Crippen LogP contribution in [0.4, 0.5) is 0 Å². The first-order valence-electron chi connectivity index (χ1n) is 9.84. The van der Waals surface area contributed by atoms with Gasteiger partial charge in [0.25, 0.3) is 5.91 Å². The van der Waals surface area contributed by atoms with E-state index in [1.54, 1.807) is 25.2 Å². The third-order valence-electron chi connectivity index (χ3n) is 5.14. The van der Waals surface area contributed by atoms with E-state index in [-0.39, 0.29) is 25.0 Å². The zero-order chi connectivity index (χ0) is 22.4. The second-order valence-corrected chi connectivity index (χ2v) is 8.07. The second kappa shape index (κ2) is 10.7. The van der Waals surface area contributed by atoms with Gasteiger partial charge in [-0.25, -0.2) is 0 Å².